The van der Waals surface area contributed by atoms with E-state index in [4.69, 9.17) is 0 Å². The van der Waals surface area contributed by atoms with Gasteiger partial charge in [0.05, 0.1) is 0 Å². The summed E-state index contributed by atoms with van der Waals surface area (Å²) < 4.78 is 0. The van der Waals surface area contributed by atoms with Crippen LogP contribution in [0.15, 0.2) is 72.8 Å². The van der Waals surface area contributed by atoms with E-state index < -0.39 is 11.8 Å². The molecule has 0 unspecified atom stereocenters. The molecule has 0 aliphatic heterocycles. The lowest BCUT2D eigenvalue weighted by atomic mass is 9.63. The maximum absolute atomic E-state index is 11.0. The smallest absolute Gasteiger partial charge is 0.123 e. The van der Waals surface area contributed by atoms with Gasteiger partial charge in [0.1, 0.15) is 34.5 Å². The summed E-state index contributed by atoms with van der Waals surface area (Å²) in [6, 6.07) is 19.6. The van der Waals surface area contributed by atoms with E-state index in [0.717, 1.165) is 16.7 Å². The van der Waals surface area contributed by atoms with Crippen LogP contribution >= 0.6 is 0 Å². The minimum absolute atomic E-state index is 0.0496. The van der Waals surface area contributed by atoms with Crippen LogP contribution in [-0.4, -0.2) is 30.6 Å². The first kappa shape index (κ1) is 20.3. The molecule has 0 aromatic heterocycles. The second kappa shape index (κ2) is 7.09. The quantitative estimate of drug-likeness (QED) is 0.251. The van der Waals surface area contributed by atoms with Crippen molar-refractivity contribution in [3.63, 3.8) is 0 Å². The predicted molar refractivity (Wildman–Crippen MR) is 125 cm³/mol. The van der Waals surface area contributed by atoms with E-state index in [1.807, 2.05) is 12.1 Å². The maximum atomic E-state index is 11.0. The summed E-state index contributed by atoms with van der Waals surface area (Å²) in [7, 11) is 0. The van der Waals surface area contributed by atoms with Crippen molar-refractivity contribution >= 4 is 0 Å². The first-order chi connectivity index (χ1) is 16.3. The van der Waals surface area contributed by atoms with E-state index in [9.17, 15) is 30.6 Å². The van der Waals surface area contributed by atoms with Gasteiger partial charge >= 0.3 is 0 Å². The fraction of sp³-hybridized carbons (Fsp3) is 0.143. The molecule has 170 valence electrons. The van der Waals surface area contributed by atoms with Gasteiger partial charge in [-0.1, -0.05) is 24.3 Å². The number of hydrogen-bond donors (Lipinski definition) is 6. The summed E-state index contributed by atoms with van der Waals surface area (Å²) in [5.74, 6) is -1.29. The second-order valence-electron chi connectivity index (χ2n) is 9.13. The normalized spacial score (nSPS) is 22.2. The van der Waals surface area contributed by atoms with Gasteiger partial charge in [-0.05, 0) is 58.7 Å². The molecule has 2 aliphatic carbocycles. The minimum Gasteiger partial charge on any atom is -0.508 e. The number of benzene rings is 4. The molecule has 2 aliphatic rings. The van der Waals surface area contributed by atoms with Gasteiger partial charge in [0, 0.05) is 46.9 Å². The van der Waals surface area contributed by atoms with E-state index in [-0.39, 0.29) is 46.3 Å². The first-order valence-electron chi connectivity index (χ1n) is 11.0. The Hall–Kier alpha value is -4.32. The molecule has 6 nitrogen and oxygen atoms in total. The number of rotatable bonds is 2. The van der Waals surface area contributed by atoms with E-state index in [1.54, 1.807) is 48.5 Å². The molecular formula is C28H22O6. The van der Waals surface area contributed by atoms with Crippen LogP contribution in [0, 0.1) is 0 Å². The Morgan fingerprint density at radius 1 is 0.412 bits per heavy atom. The Kier molecular flexibility index (Phi) is 4.23. The molecule has 0 saturated heterocycles. The van der Waals surface area contributed by atoms with Gasteiger partial charge in [0.25, 0.3) is 0 Å². The van der Waals surface area contributed by atoms with Crippen LogP contribution in [0.4, 0.5) is 0 Å². The van der Waals surface area contributed by atoms with Crippen molar-refractivity contribution in [2.24, 2.45) is 0 Å². The lowest BCUT2D eigenvalue weighted by Gasteiger charge is -2.40. The largest absolute Gasteiger partial charge is 0.508 e. The Bertz CT molecular complexity index is 1430. The summed E-state index contributed by atoms with van der Waals surface area (Å²) >= 11 is 0. The van der Waals surface area contributed by atoms with Crippen LogP contribution in [0.3, 0.4) is 0 Å². The Morgan fingerprint density at radius 2 is 0.882 bits per heavy atom. The summed E-state index contributed by atoms with van der Waals surface area (Å²) in [5.41, 5.74) is 4.48. The molecule has 6 heteroatoms. The zero-order chi connectivity index (χ0) is 23.7. The van der Waals surface area contributed by atoms with Crippen molar-refractivity contribution in [1.29, 1.82) is 0 Å². The topological polar surface area (TPSA) is 121 Å². The molecule has 4 aromatic carbocycles. The number of fused-ring (bicyclic) bond motifs is 7. The Balaban J connectivity index is 1.72. The highest BCUT2D eigenvalue weighted by molar-refractivity contribution is 5.68. The average Bonchev–Trinajstić information content (AvgIpc) is 3.05. The van der Waals surface area contributed by atoms with Crippen LogP contribution < -0.4 is 0 Å². The van der Waals surface area contributed by atoms with Crippen LogP contribution in [0.1, 0.15) is 57.1 Å². The van der Waals surface area contributed by atoms with Gasteiger partial charge < -0.3 is 30.6 Å². The van der Waals surface area contributed by atoms with Crippen LogP contribution in [0.25, 0.3) is 0 Å². The molecule has 4 atom stereocenters. The lowest BCUT2D eigenvalue weighted by molar-refractivity contribution is 0.406. The third kappa shape index (κ3) is 2.81. The third-order valence-corrected chi connectivity index (χ3v) is 7.30. The monoisotopic (exact) mass is 454 g/mol. The third-order valence-electron chi connectivity index (χ3n) is 7.30. The van der Waals surface area contributed by atoms with Crippen LogP contribution in [0.2, 0.25) is 0 Å². The van der Waals surface area contributed by atoms with Gasteiger partial charge in [-0.3, -0.25) is 0 Å². The van der Waals surface area contributed by atoms with Crippen molar-refractivity contribution in [3.8, 4) is 34.5 Å². The van der Waals surface area contributed by atoms with Gasteiger partial charge in [-0.25, -0.2) is 0 Å². The Labute approximate surface area is 195 Å². The molecule has 0 heterocycles. The number of phenolic OH excluding ortho intramolecular Hbond substituents is 6. The summed E-state index contributed by atoms with van der Waals surface area (Å²) in [5, 5.41) is 62.6. The molecule has 0 fully saturated rings. The number of phenols is 6. The Morgan fingerprint density at radius 3 is 1.44 bits per heavy atom. The summed E-state index contributed by atoms with van der Waals surface area (Å²) in [4.78, 5) is 0. The number of aromatic hydroxyl groups is 6. The molecule has 6 N–H and O–H groups in total. The summed E-state index contributed by atoms with van der Waals surface area (Å²) in [6.07, 6.45) is 0. The van der Waals surface area contributed by atoms with Crippen molar-refractivity contribution in [2.45, 2.75) is 23.7 Å². The van der Waals surface area contributed by atoms with Crippen molar-refractivity contribution in [2.75, 3.05) is 0 Å². The molecular weight excluding hydrogens is 432 g/mol. The maximum Gasteiger partial charge on any atom is 0.123 e. The molecule has 2 bridgehead atoms. The van der Waals surface area contributed by atoms with Crippen molar-refractivity contribution in [3.05, 3.63) is 106 Å². The number of hydrogen-bond acceptors (Lipinski definition) is 6. The van der Waals surface area contributed by atoms with Gasteiger partial charge in [-0.15, -0.1) is 0 Å². The molecule has 0 radical (unpaired) electrons. The van der Waals surface area contributed by atoms with Gasteiger partial charge in [0.15, 0.2) is 0 Å². The molecule has 0 spiro atoms. The molecule has 0 saturated carbocycles. The average molecular weight is 454 g/mol. The van der Waals surface area contributed by atoms with E-state index in [0.29, 0.717) is 16.7 Å². The molecule has 4 aromatic rings. The van der Waals surface area contributed by atoms with Gasteiger partial charge in [0.2, 0.25) is 0 Å². The minimum atomic E-state index is -0.397. The van der Waals surface area contributed by atoms with E-state index in [1.165, 1.54) is 12.1 Å². The fourth-order valence-corrected chi connectivity index (χ4v) is 6.15. The van der Waals surface area contributed by atoms with Crippen molar-refractivity contribution in [1.82, 2.24) is 0 Å². The second-order valence-corrected chi connectivity index (χ2v) is 9.13. The molecule has 6 rings (SSSR count). The highest BCUT2D eigenvalue weighted by Crippen LogP contribution is 2.68. The zero-order valence-electron chi connectivity index (χ0n) is 17.9. The highest BCUT2D eigenvalue weighted by atomic mass is 16.3. The van der Waals surface area contributed by atoms with E-state index in [2.05, 4.69) is 0 Å². The SMILES string of the molecule is Oc1ccc([C@@H]2c3c(O)cc(O)cc3[C@H]3c4c(O)cc(O)cc4[C@@H]2[C@H]3c2ccc(O)cc2)cc1. The lowest BCUT2D eigenvalue weighted by Crippen LogP contribution is -2.26. The van der Waals surface area contributed by atoms with E-state index >= 15 is 0 Å². The predicted octanol–water partition coefficient (Wildman–Crippen LogP) is 5.08. The summed E-state index contributed by atoms with van der Waals surface area (Å²) in [6.45, 7) is 0. The van der Waals surface area contributed by atoms with Crippen LogP contribution in [-0.2, 0) is 0 Å². The van der Waals surface area contributed by atoms with Crippen molar-refractivity contribution < 1.29 is 30.6 Å². The van der Waals surface area contributed by atoms with Crippen LogP contribution in [0.5, 0.6) is 34.5 Å². The first-order valence-corrected chi connectivity index (χ1v) is 11.0. The molecule has 34 heavy (non-hydrogen) atoms. The van der Waals surface area contributed by atoms with Gasteiger partial charge in [-0.2, -0.15) is 0 Å². The fourth-order valence-electron chi connectivity index (χ4n) is 6.15. The highest BCUT2D eigenvalue weighted by Gasteiger charge is 2.53. The zero-order valence-corrected chi connectivity index (χ0v) is 17.9. The standard InChI is InChI=1S/C28H22O6/c29-15-5-1-13(2-6-15)23-25-19(9-17(31)11-21(25)33)28-24(14-3-7-16(30)8-4-14)27(23)20-10-18(32)12-22(34)26(20)28/h1-12,23-24,27-34H/t23-,24-,27+,28-/m1/s1. The molecule has 0 amide bonds.